The molecule has 1 aliphatic rings. The summed E-state index contributed by atoms with van der Waals surface area (Å²) >= 11 is 0. The second-order valence-corrected chi connectivity index (χ2v) is 3.91. The van der Waals surface area contributed by atoms with Crippen LogP contribution >= 0.6 is 0 Å². The molecule has 0 aliphatic carbocycles. The number of aliphatic hydroxyl groups excluding tert-OH is 2. The molecule has 1 saturated heterocycles. The average molecular weight is 253 g/mol. The van der Waals surface area contributed by atoms with Gasteiger partial charge in [-0.2, -0.15) is 0 Å². The monoisotopic (exact) mass is 253 g/mol. The SMILES string of the molecule is [C-]#[N+]c1cn([C@H]2CC(O)[C@@H](CO)O2)c(=O)[nH]c1=O. The lowest BCUT2D eigenvalue weighted by molar-refractivity contribution is -0.0458. The highest BCUT2D eigenvalue weighted by Gasteiger charge is 2.35. The van der Waals surface area contributed by atoms with Gasteiger partial charge in [-0.15, -0.1) is 0 Å². The summed E-state index contributed by atoms with van der Waals surface area (Å²) in [6, 6.07) is 0. The first-order valence-corrected chi connectivity index (χ1v) is 5.24. The lowest BCUT2D eigenvalue weighted by atomic mass is 10.2. The molecule has 1 fully saturated rings. The average Bonchev–Trinajstić information content (AvgIpc) is 2.70. The molecule has 3 atom stereocenters. The number of H-pyrrole nitrogens is 1. The molecule has 0 saturated carbocycles. The number of nitrogens with zero attached hydrogens (tertiary/aromatic N) is 2. The van der Waals surface area contributed by atoms with Crippen molar-refractivity contribution in [2.75, 3.05) is 6.61 Å². The van der Waals surface area contributed by atoms with Gasteiger partial charge in [-0.3, -0.25) is 14.3 Å². The fourth-order valence-electron chi connectivity index (χ4n) is 1.82. The van der Waals surface area contributed by atoms with Gasteiger partial charge in [0.15, 0.2) is 0 Å². The van der Waals surface area contributed by atoms with Gasteiger partial charge in [0.25, 0.3) is 11.2 Å². The zero-order valence-electron chi connectivity index (χ0n) is 9.24. The third-order valence-electron chi connectivity index (χ3n) is 2.76. The zero-order valence-corrected chi connectivity index (χ0v) is 9.24. The van der Waals surface area contributed by atoms with Crippen molar-refractivity contribution in [3.05, 3.63) is 38.5 Å². The fraction of sp³-hybridized carbons (Fsp3) is 0.500. The fourth-order valence-corrected chi connectivity index (χ4v) is 1.82. The van der Waals surface area contributed by atoms with Gasteiger partial charge < -0.3 is 14.9 Å². The van der Waals surface area contributed by atoms with Gasteiger partial charge >= 0.3 is 5.69 Å². The quantitative estimate of drug-likeness (QED) is 0.569. The first-order valence-electron chi connectivity index (χ1n) is 5.24. The first kappa shape index (κ1) is 12.5. The molecular formula is C10H11N3O5. The minimum Gasteiger partial charge on any atom is -0.394 e. The lowest BCUT2D eigenvalue weighted by Crippen LogP contribution is -2.32. The van der Waals surface area contributed by atoms with Gasteiger partial charge in [-0.1, -0.05) is 0 Å². The topological polar surface area (TPSA) is 109 Å². The summed E-state index contributed by atoms with van der Waals surface area (Å²) in [5, 5.41) is 18.5. The Kier molecular flexibility index (Phi) is 3.29. The van der Waals surface area contributed by atoms with E-state index in [4.69, 9.17) is 16.4 Å². The highest BCUT2D eigenvalue weighted by atomic mass is 16.5. The summed E-state index contributed by atoms with van der Waals surface area (Å²) in [6.45, 7) is 6.43. The predicted octanol–water partition coefficient (Wildman–Crippen LogP) is -1.27. The van der Waals surface area contributed by atoms with Crippen molar-refractivity contribution < 1.29 is 14.9 Å². The van der Waals surface area contributed by atoms with Crippen LogP contribution in [0.15, 0.2) is 15.8 Å². The molecule has 8 nitrogen and oxygen atoms in total. The van der Waals surface area contributed by atoms with Crippen LogP contribution in [0.3, 0.4) is 0 Å². The molecule has 2 rings (SSSR count). The van der Waals surface area contributed by atoms with Gasteiger partial charge in [-0.05, 0) is 0 Å². The van der Waals surface area contributed by atoms with E-state index >= 15 is 0 Å². The number of aromatic nitrogens is 2. The third kappa shape index (κ3) is 2.06. The second-order valence-electron chi connectivity index (χ2n) is 3.91. The van der Waals surface area contributed by atoms with Crippen LogP contribution in [0.4, 0.5) is 5.69 Å². The van der Waals surface area contributed by atoms with Crippen LogP contribution in [0, 0.1) is 6.57 Å². The van der Waals surface area contributed by atoms with Crippen molar-refractivity contribution in [2.45, 2.75) is 24.9 Å². The molecule has 0 aromatic carbocycles. The smallest absolute Gasteiger partial charge is 0.328 e. The predicted molar refractivity (Wildman–Crippen MR) is 59.2 cm³/mol. The molecule has 96 valence electrons. The van der Waals surface area contributed by atoms with Crippen LogP contribution in [-0.4, -0.2) is 38.6 Å². The Labute approximate surface area is 101 Å². The Morgan fingerprint density at radius 2 is 2.33 bits per heavy atom. The molecule has 0 radical (unpaired) electrons. The van der Waals surface area contributed by atoms with Crippen molar-refractivity contribution in [2.24, 2.45) is 0 Å². The summed E-state index contributed by atoms with van der Waals surface area (Å²) < 4.78 is 6.30. The minimum atomic E-state index is -0.893. The van der Waals surface area contributed by atoms with E-state index in [9.17, 15) is 14.7 Å². The second kappa shape index (κ2) is 4.73. The van der Waals surface area contributed by atoms with Crippen molar-refractivity contribution >= 4 is 5.69 Å². The van der Waals surface area contributed by atoms with Crippen LogP contribution in [0.25, 0.3) is 4.85 Å². The maximum atomic E-state index is 11.6. The van der Waals surface area contributed by atoms with Crippen LogP contribution in [-0.2, 0) is 4.74 Å². The maximum Gasteiger partial charge on any atom is 0.328 e. The highest BCUT2D eigenvalue weighted by molar-refractivity contribution is 5.38. The molecule has 1 aliphatic heterocycles. The summed E-state index contributed by atoms with van der Waals surface area (Å²) in [7, 11) is 0. The Morgan fingerprint density at radius 3 is 2.89 bits per heavy atom. The molecule has 1 unspecified atom stereocenters. The lowest BCUT2D eigenvalue weighted by Gasteiger charge is -2.14. The van der Waals surface area contributed by atoms with Crippen molar-refractivity contribution in [1.29, 1.82) is 0 Å². The van der Waals surface area contributed by atoms with Crippen molar-refractivity contribution in [1.82, 2.24) is 9.55 Å². The van der Waals surface area contributed by atoms with Gasteiger partial charge in [0, 0.05) is 12.6 Å². The number of rotatable bonds is 2. The van der Waals surface area contributed by atoms with E-state index < -0.39 is 29.7 Å². The van der Waals surface area contributed by atoms with Crippen molar-refractivity contribution in [3.8, 4) is 0 Å². The van der Waals surface area contributed by atoms with Gasteiger partial charge in [0.05, 0.1) is 19.3 Å². The van der Waals surface area contributed by atoms with Gasteiger partial charge in [-0.25, -0.2) is 9.64 Å². The van der Waals surface area contributed by atoms with E-state index in [0.29, 0.717) is 0 Å². The van der Waals surface area contributed by atoms with E-state index in [-0.39, 0.29) is 18.7 Å². The summed E-state index contributed by atoms with van der Waals surface area (Å²) in [6.07, 6.45) is -1.28. The van der Waals surface area contributed by atoms with Crippen LogP contribution < -0.4 is 11.2 Å². The van der Waals surface area contributed by atoms with E-state index in [1.807, 2.05) is 4.98 Å². The molecule has 3 N–H and O–H groups in total. The molecule has 2 heterocycles. The maximum absolute atomic E-state index is 11.6. The van der Waals surface area contributed by atoms with Crippen LogP contribution in [0.2, 0.25) is 0 Å². The Morgan fingerprint density at radius 1 is 1.61 bits per heavy atom. The molecule has 0 spiro atoms. The van der Waals surface area contributed by atoms with Crippen LogP contribution in [0.5, 0.6) is 0 Å². The molecule has 18 heavy (non-hydrogen) atoms. The summed E-state index contributed by atoms with van der Waals surface area (Å²) in [5.74, 6) is 0. The van der Waals surface area contributed by atoms with Crippen LogP contribution in [0.1, 0.15) is 12.6 Å². The molecular weight excluding hydrogens is 242 g/mol. The van der Waals surface area contributed by atoms with E-state index in [0.717, 1.165) is 10.8 Å². The molecule has 8 heteroatoms. The Hall–Kier alpha value is -1.95. The normalized spacial score (nSPS) is 27.1. The molecule has 1 aromatic rings. The standard InChI is InChI=1S/C10H11N3O5/c1-11-5-3-13(10(17)12-9(5)16)8-2-6(15)7(4-14)18-8/h3,6-8,14-15H,2,4H2,(H,12,16,17)/t6?,7-,8-/m1/s1. The highest BCUT2D eigenvalue weighted by Crippen LogP contribution is 2.27. The Balaban J connectivity index is 2.39. The Bertz CT molecular complexity index is 599. The van der Waals surface area contributed by atoms with E-state index in [1.54, 1.807) is 0 Å². The summed E-state index contributed by atoms with van der Waals surface area (Å²) in [4.78, 5) is 27.8. The van der Waals surface area contributed by atoms with Gasteiger partial charge in [0.2, 0.25) is 0 Å². The third-order valence-corrected chi connectivity index (χ3v) is 2.76. The number of aliphatic hydroxyl groups is 2. The van der Waals surface area contributed by atoms with Gasteiger partial charge in [0.1, 0.15) is 12.3 Å². The molecule has 1 aromatic heterocycles. The molecule has 0 amide bonds. The number of hydrogen-bond donors (Lipinski definition) is 3. The number of hydrogen-bond acceptors (Lipinski definition) is 5. The zero-order chi connectivity index (χ0) is 13.3. The minimum absolute atomic E-state index is 0.106. The van der Waals surface area contributed by atoms with E-state index in [1.165, 1.54) is 0 Å². The number of ether oxygens (including phenoxy) is 1. The first-order chi connectivity index (χ1) is 8.56. The van der Waals surface area contributed by atoms with E-state index in [2.05, 4.69) is 4.85 Å². The number of aromatic amines is 1. The van der Waals surface area contributed by atoms with Crippen molar-refractivity contribution in [3.63, 3.8) is 0 Å². The molecule has 0 bridgehead atoms. The largest absolute Gasteiger partial charge is 0.394 e. The summed E-state index contributed by atoms with van der Waals surface area (Å²) in [5.41, 5.74) is -1.72. The number of nitrogens with one attached hydrogen (secondary N) is 1.